The van der Waals surface area contributed by atoms with Crippen LogP contribution in [0.25, 0.3) is 16.7 Å². The fraction of sp³-hybridized carbons (Fsp3) is 0.0435. The van der Waals surface area contributed by atoms with Crippen LogP contribution in [0.15, 0.2) is 71.7 Å². The third kappa shape index (κ3) is 3.67. The van der Waals surface area contributed by atoms with Crippen LogP contribution in [0.1, 0.15) is 20.7 Å². The number of aromatic nitrogens is 2. The minimum Gasteiger partial charge on any atom is -0.506 e. The van der Waals surface area contributed by atoms with E-state index in [4.69, 9.17) is 0 Å². The molecule has 0 aliphatic rings. The zero-order valence-electron chi connectivity index (χ0n) is 16.7. The highest BCUT2D eigenvalue weighted by atomic mass is 19.1. The number of esters is 1. The maximum absolute atomic E-state index is 13.4. The zero-order valence-corrected chi connectivity index (χ0v) is 16.7. The minimum absolute atomic E-state index is 0.103. The number of fused-ring (bicyclic) bond motifs is 1. The summed E-state index contributed by atoms with van der Waals surface area (Å²) in [6.45, 7) is 0. The Hall–Kier alpha value is -4.53. The Balaban J connectivity index is 1.86. The summed E-state index contributed by atoms with van der Waals surface area (Å²) in [6, 6.07) is 14.0. The molecule has 8 nitrogen and oxygen atoms in total. The van der Waals surface area contributed by atoms with Crippen LogP contribution >= 0.6 is 0 Å². The van der Waals surface area contributed by atoms with Crippen molar-refractivity contribution in [1.82, 2.24) is 9.55 Å². The largest absolute Gasteiger partial charge is 0.506 e. The lowest BCUT2D eigenvalue weighted by molar-refractivity contribution is 0.0600. The van der Waals surface area contributed by atoms with Gasteiger partial charge in [-0.1, -0.05) is 6.07 Å². The standard InChI is InChI=1S/C23H16FN3O5/c1-32-23(31)13-4-2-5-15(12-13)26-21(29)18-19(28)17-6-3-11-25-20(17)27(22(18)30)16-9-7-14(24)8-10-16/h2-12,28H,1H3,(H,26,29). The maximum atomic E-state index is 13.4. The van der Waals surface area contributed by atoms with Crippen LogP contribution in [0.4, 0.5) is 10.1 Å². The smallest absolute Gasteiger partial charge is 0.337 e. The van der Waals surface area contributed by atoms with Crippen molar-refractivity contribution < 1.29 is 23.8 Å². The van der Waals surface area contributed by atoms with Crippen molar-refractivity contribution in [2.45, 2.75) is 0 Å². The monoisotopic (exact) mass is 433 g/mol. The van der Waals surface area contributed by atoms with Gasteiger partial charge in [-0.25, -0.2) is 14.2 Å². The van der Waals surface area contributed by atoms with Crippen LogP contribution in [-0.2, 0) is 4.74 Å². The zero-order chi connectivity index (χ0) is 22.8. The minimum atomic E-state index is -0.892. The topological polar surface area (TPSA) is 111 Å². The van der Waals surface area contributed by atoms with Crippen LogP contribution in [0.5, 0.6) is 5.75 Å². The van der Waals surface area contributed by atoms with Gasteiger partial charge < -0.3 is 15.2 Å². The number of carbonyl (C=O) groups excluding carboxylic acids is 2. The fourth-order valence-corrected chi connectivity index (χ4v) is 3.27. The Bertz CT molecular complexity index is 1410. The molecule has 0 radical (unpaired) electrons. The van der Waals surface area contributed by atoms with Crippen molar-refractivity contribution in [3.8, 4) is 11.4 Å². The highest BCUT2D eigenvalue weighted by molar-refractivity contribution is 6.09. The third-order valence-electron chi connectivity index (χ3n) is 4.76. The van der Waals surface area contributed by atoms with E-state index < -0.39 is 34.6 Å². The molecule has 0 fully saturated rings. The van der Waals surface area contributed by atoms with E-state index in [2.05, 4.69) is 15.0 Å². The van der Waals surface area contributed by atoms with Crippen molar-refractivity contribution >= 4 is 28.6 Å². The molecule has 0 spiro atoms. The van der Waals surface area contributed by atoms with E-state index in [-0.39, 0.29) is 28.0 Å². The number of amides is 1. The molecule has 9 heteroatoms. The van der Waals surface area contributed by atoms with Crippen molar-refractivity contribution in [2.75, 3.05) is 12.4 Å². The molecular formula is C23H16FN3O5. The van der Waals surface area contributed by atoms with Gasteiger partial charge in [0, 0.05) is 11.9 Å². The number of halogens is 1. The van der Waals surface area contributed by atoms with Gasteiger partial charge in [-0.05, 0) is 54.6 Å². The Labute approximate surface area is 180 Å². The molecule has 1 amide bonds. The van der Waals surface area contributed by atoms with Crippen LogP contribution in [0.3, 0.4) is 0 Å². The Morgan fingerprint density at radius 3 is 2.56 bits per heavy atom. The summed E-state index contributed by atoms with van der Waals surface area (Å²) < 4.78 is 19.2. The molecule has 160 valence electrons. The first-order valence-electron chi connectivity index (χ1n) is 9.39. The van der Waals surface area contributed by atoms with E-state index in [1.807, 2.05) is 0 Å². The molecule has 2 heterocycles. The lowest BCUT2D eigenvalue weighted by Gasteiger charge is -2.14. The summed E-state index contributed by atoms with van der Waals surface area (Å²) >= 11 is 0. The first-order valence-corrected chi connectivity index (χ1v) is 9.39. The van der Waals surface area contributed by atoms with Gasteiger partial charge in [0.15, 0.2) is 5.65 Å². The van der Waals surface area contributed by atoms with Crippen LogP contribution in [-0.4, -0.2) is 33.6 Å². The average molecular weight is 433 g/mol. The van der Waals surface area contributed by atoms with Gasteiger partial charge in [-0.3, -0.25) is 14.2 Å². The van der Waals surface area contributed by atoms with Crippen LogP contribution in [0, 0.1) is 5.82 Å². The van der Waals surface area contributed by atoms with Gasteiger partial charge in [0.05, 0.1) is 23.7 Å². The molecule has 0 saturated heterocycles. The summed E-state index contributed by atoms with van der Waals surface area (Å²) in [5.74, 6) is -2.53. The Morgan fingerprint density at radius 1 is 1.09 bits per heavy atom. The molecule has 32 heavy (non-hydrogen) atoms. The number of benzene rings is 2. The van der Waals surface area contributed by atoms with Gasteiger partial charge in [-0.15, -0.1) is 0 Å². The summed E-state index contributed by atoms with van der Waals surface area (Å²) in [6.07, 6.45) is 1.43. The van der Waals surface area contributed by atoms with Gasteiger partial charge in [0.25, 0.3) is 11.5 Å². The predicted molar refractivity (Wildman–Crippen MR) is 115 cm³/mol. The van der Waals surface area contributed by atoms with E-state index in [1.165, 1.54) is 67.9 Å². The molecule has 4 rings (SSSR count). The normalized spacial score (nSPS) is 10.7. The first-order chi connectivity index (χ1) is 15.4. The van der Waals surface area contributed by atoms with Gasteiger partial charge >= 0.3 is 5.97 Å². The van der Waals surface area contributed by atoms with Gasteiger partial charge in [0.1, 0.15) is 17.1 Å². The Kier molecular flexibility index (Phi) is 5.38. The molecular weight excluding hydrogens is 417 g/mol. The van der Waals surface area contributed by atoms with Crippen LogP contribution in [0.2, 0.25) is 0 Å². The molecule has 0 aliphatic carbocycles. The van der Waals surface area contributed by atoms with Gasteiger partial charge in [0.2, 0.25) is 0 Å². The highest BCUT2D eigenvalue weighted by Crippen LogP contribution is 2.27. The molecule has 2 aromatic carbocycles. The van der Waals surface area contributed by atoms with Crippen molar-refractivity contribution in [3.63, 3.8) is 0 Å². The number of hydrogen-bond donors (Lipinski definition) is 2. The first kappa shape index (κ1) is 20.7. The number of hydrogen-bond acceptors (Lipinski definition) is 6. The fourth-order valence-electron chi connectivity index (χ4n) is 3.27. The summed E-state index contributed by atoms with van der Waals surface area (Å²) in [7, 11) is 1.23. The molecule has 0 saturated carbocycles. The van der Waals surface area contributed by atoms with E-state index in [0.717, 1.165) is 4.57 Å². The van der Waals surface area contributed by atoms with E-state index in [0.29, 0.717) is 0 Å². The quantitative estimate of drug-likeness (QED) is 0.478. The lowest BCUT2D eigenvalue weighted by atomic mass is 10.1. The second-order valence-electron chi connectivity index (χ2n) is 6.74. The second kappa shape index (κ2) is 8.31. The van der Waals surface area contributed by atoms with Gasteiger partial charge in [-0.2, -0.15) is 0 Å². The molecule has 0 aliphatic heterocycles. The van der Waals surface area contributed by atoms with E-state index in [1.54, 1.807) is 6.07 Å². The number of aromatic hydroxyl groups is 1. The second-order valence-corrected chi connectivity index (χ2v) is 6.74. The number of carbonyl (C=O) groups is 2. The number of rotatable bonds is 4. The molecule has 0 unspecified atom stereocenters. The maximum Gasteiger partial charge on any atom is 0.337 e. The molecule has 0 atom stereocenters. The summed E-state index contributed by atoms with van der Waals surface area (Å²) in [5.41, 5.74) is -0.592. The number of methoxy groups -OCH3 is 1. The van der Waals surface area contributed by atoms with Crippen LogP contribution < -0.4 is 10.9 Å². The highest BCUT2D eigenvalue weighted by Gasteiger charge is 2.24. The summed E-state index contributed by atoms with van der Waals surface area (Å²) in [5, 5.41) is 13.4. The number of anilines is 1. The number of nitrogens with one attached hydrogen (secondary N) is 1. The SMILES string of the molecule is COC(=O)c1cccc(NC(=O)c2c(O)c3cccnc3n(-c3ccc(F)cc3)c2=O)c1. The van der Waals surface area contributed by atoms with E-state index >= 15 is 0 Å². The molecule has 4 aromatic rings. The molecule has 0 bridgehead atoms. The average Bonchev–Trinajstić information content (AvgIpc) is 2.80. The van der Waals surface area contributed by atoms with Crippen molar-refractivity contribution in [3.05, 3.63) is 94.2 Å². The summed E-state index contributed by atoms with van der Waals surface area (Å²) in [4.78, 5) is 42.2. The number of ether oxygens (including phenoxy) is 1. The molecule has 2 N–H and O–H groups in total. The third-order valence-corrected chi connectivity index (χ3v) is 4.76. The number of pyridine rings is 2. The van der Waals surface area contributed by atoms with E-state index in [9.17, 15) is 23.9 Å². The lowest BCUT2D eigenvalue weighted by Crippen LogP contribution is -2.29. The predicted octanol–water partition coefficient (Wildman–Crippen LogP) is 3.27. The van der Waals surface area contributed by atoms with Crippen molar-refractivity contribution in [1.29, 1.82) is 0 Å². The van der Waals surface area contributed by atoms with Crippen molar-refractivity contribution in [2.24, 2.45) is 0 Å². The number of nitrogens with zero attached hydrogens (tertiary/aromatic N) is 2. The molecule has 2 aromatic heterocycles. The Morgan fingerprint density at radius 2 is 1.84 bits per heavy atom.